The average molecular weight is 317 g/mol. The summed E-state index contributed by atoms with van der Waals surface area (Å²) in [5.41, 5.74) is 6.37. The number of carbonyl (C=O) groups excluding carboxylic acids is 1. The lowest BCUT2D eigenvalue weighted by atomic mass is 10.2. The number of nitrogens with zero attached hydrogens (tertiary/aromatic N) is 1. The summed E-state index contributed by atoms with van der Waals surface area (Å²) in [4.78, 5) is 13.8. The number of rotatable bonds is 6. The van der Waals surface area contributed by atoms with E-state index in [9.17, 15) is 4.79 Å². The zero-order chi connectivity index (χ0) is 14.7. The highest BCUT2D eigenvalue weighted by atomic mass is 35.5. The van der Waals surface area contributed by atoms with Crippen LogP contribution in [0.3, 0.4) is 0 Å². The number of nitrogens with two attached hydrogens (primary N) is 1. The van der Waals surface area contributed by atoms with Gasteiger partial charge in [-0.05, 0) is 30.9 Å². The van der Waals surface area contributed by atoms with Gasteiger partial charge in [-0.1, -0.05) is 23.2 Å². The Morgan fingerprint density at radius 1 is 1.40 bits per heavy atom. The van der Waals surface area contributed by atoms with Crippen molar-refractivity contribution in [1.82, 2.24) is 4.90 Å². The molecule has 1 aliphatic carbocycles. The van der Waals surface area contributed by atoms with Crippen LogP contribution in [0.25, 0.3) is 0 Å². The van der Waals surface area contributed by atoms with E-state index in [1.165, 1.54) is 25.0 Å². The number of benzene rings is 1. The zero-order valence-corrected chi connectivity index (χ0v) is 12.9. The van der Waals surface area contributed by atoms with E-state index in [0.29, 0.717) is 34.4 Å². The van der Waals surface area contributed by atoms with Gasteiger partial charge in [0.15, 0.2) is 0 Å². The Hall–Kier alpha value is -0.970. The second-order valence-corrected chi connectivity index (χ2v) is 5.91. The molecule has 1 saturated carbocycles. The van der Waals surface area contributed by atoms with Gasteiger partial charge in [-0.2, -0.15) is 0 Å². The van der Waals surface area contributed by atoms with Crippen molar-refractivity contribution < 1.29 is 9.53 Å². The molecule has 1 aromatic rings. The Morgan fingerprint density at radius 3 is 2.55 bits per heavy atom. The Morgan fingerprint density at radius 2 is 2.00 bits per heavy atom. The molecule has 1 aromatic carbocycles. The van der Waals surface area contributed by atoms with Gasteiger partial charge in [-0.3, -0.25) is 4.79 Å². The Balaban J connectivity index is 1.88. The summed E-state index contributed by atoms with van der Waals surface area (Å²) in [7, 11) is 1.72. The van der Waals surface area contributed by atoms with Crippen LogP contribution in [0, 0.1) is 5.92 Å². The molecule has 0 spiro atoms. The van der Waals surface area contributed by atoms with Crippen LogP contribution in [-0.2, 0) is 4.74 Å². The molecule has 0 aliphatic heterocycles. The molecule has 1 aliphatic rings. The highest BCUT2D eigenvalue weighted by Crippen LogP contribution is 2.29. The number of ether oxygens (including phenoxy) is 1. The SMILES string of the molecule is CN(CCOCC1CC1)C(=O)c1cc(Cl)c(N)c(Cl)c1. The highest BCUT2D eigenvalue weighted by Gasteiger charge is 2.21. The highest BCUT2D eigenvalue weighted by molar-refractivity contribution is 6.39. The van der Waals surface area contributed by atoms with Crippen molar-refractivity contribution in [2.75, 3.05) is 32.5 Å². The van der Waals surface area contributed by atoms with Gasteiger partial charge >= 0.3 is 0 Å². The van der Waals surface area contributed by atoms with Crippen molar-refractivity contribution in [3.8, 4) is 0 Å². The van der Waals surface area contributed by atoms with Crippen molar-refractivity contribution in [1.29, 1.82) is 0 Å². The van der Waals surface area contributed by atoms with Gasteiger partial charge in [0.05, 0.1) is 22.3 Å². The average Bonchev–Trinajstić information content (AvgIpc) is 3.23. The molecule has 6 heteroatoms. The molecule has 0 atom stereocenters. The van der Waals surface area contributed by atoms with Crippen molar-refractivity contribution >= 4 is 34.8 Å². The molecule has 0 aromatic heterocycles. The zero-order valence-electron chi connectivity index (χ0n) is 11.4. The molecular formula is C14H18Cl2N2O2. The fourth-order valence-electron chi connectivity index (χ4n) is 1.77. The maximum atomic E-state index is 12.2. The third kappa shape index (κ3) is 4.01. The molecule has 2 rings (SSSR count). The quantitative estimate of drug-likeness (QED) is 0.648. The van der Waals surface area contributed by atoms with E-state index < -0.39 is 0 Å². The Kier molecular flexibility index (Phi) is 5.13. The molecule has 110 valence electrons. The molecule has 0 heterocycles. The minimum atomic E-state index is -0.149. The predicted molar refractivity (Wildman–Crippen MR) is 81.4 cm³/mol. The second-order valence-electron chi connectivity index (χ2n) is 5.10. The lowest BCUT2D eigenvalue weighted by Crippen LogP contribution is -2.30. The summed E-state index contributed by atoms with van der Waals surface area (Å²) in [6.45, 7) is 1.86. The predicted octanol–water partition coefficient (Wildman–Crippen LogP) is 3.07. The lowest BCUT2D eigenvalue weighted by molar-refractivity contribution is 0.0681. The Labute approximate surface area is 128 Å². The third-order valence-electron chi connectivity index (χ3n) is 3.29. The maximum absolute atomic E-state index is 12.2. The van der Waals surface area contributed by atoms with Crippen molar-refractivity contribution in [3.63, 3.8) is 0 Å². The van der Waals surface area contributed by atoms with E-state index in [1.54, 1.807) is 11.9 Å². The van der Waals surface area contributed by atoms with Crippen molar-refractivity contribution in [3.05, 3.63) is 27.7 Å². The number of hydrogen-bond acceptors (Lipinski definition) is 3. The monoisotopic (exact) mass is 316 g/mol. The number of anilines is 1. The first-order valence-electron chi connectivity index (χ1n) is 6.56. The fourth-order valence-corrected chi connectivity index (χ4v) is 2.25. The normalized spacial score (nSPS) is 14.3. The summed E-state index contributed by atoms with van der Waals surface area (Å²) >= 11 is 11.9. The van der Waals surface area contributed by atoms with Crippen LogP contribution in [0.1, 0.15) is 23.2 Å². The standard InChI is InChI=1S/C14H18Cl2N2O2/c1-18(4-5-20-8-9-2-3-9)14(19)10-6-11(15)13(17)12(16)7-10/h6-7,9H,2-5,8,17H2,1H3. The van der Waals surface area contributed by atoms with Crippen LogP contribution in [0.4, 0.5) is 5.69 Å². The number of carbonyl (C=O) groups is 1. The molecular weight excluding hydrogens is 299 g/mol. The minimum Gasteiger partial charge on any atom is -0.396 e. The van der Waals surface area contributed by atoms with Crippen molar-refractivity contribution in [2.24, 2.45) is 5.92 Å². The minimum absolute atomic E-state index is 0.149. The first-order valence-corrected chi connectivity index (χ1v) is 7.32. The number of halogens is 2. The smallest absolute Gasteiger partial charge is 0.253 e. The summed E-state index contributed by atoms with van der Waals surface area (Å²) < 4.78 is 5.51. The van der Waals surface area contributed by atoms with E-state index >= 15 is 0 Å². The molecule has 0 radical (unpaired) electrons. The summed E-state index contributed by atoms with van der Waals surface area (Å²) in [6, 6.07) is 3.07. The van der Waals surface area contributed by atoms with Gasteiger partial charge < -0.3 is 15.4 Å². The molecule has 1 fully saturated rings. The largest absolute Gasteiger partial charge is 0.396 e. The van der Waals surface area contributed by atoms with Gasteiger partial charge in [0.1, 0.15) is 0 Å². The van der Waals surface area contributed by atoms with Gasteiger partial charge in [0.25, 0.3) is 5.91 Å². The summed E-state index contributed by atoms with van der Waals surface area (Å²) in [5, 5.41) is 0.582. The second kappa shape index (κ2) is 6.66. The summed E-state index contributed by atoms with van der Waals surface area (Å²) in [5.74, 6) is 0.578. The number of hydrogen-bond donors (Lipinski definition) is 1. The number of likely N-dealkylation sites (N-methyl/N-ethyl adjacent to an activating group) is 1. The van der Waals surface area contributed by atoms with Crippen LogP contribution in [0.15, 0.2) is 12.1 Å². The first-order chi connectivity index (χ1) is 9.49. The first kappa shape index (κ1) is 15.4. The van der Waals surface area contributed by atoms with Crippen LogP contribution >= 0.6 is 23.2 Å². The number of amides is 1. The third-order valence-corrected chi connectivity index (χ3v) is 3.92. The molecule has 0 bridgehead atoms. The molecule has 0 unspecified atom stereocenters. The molecule has 2 N–H and O–H groups in total. The van der Waals surface area contributed by atoms with Gasteiger partial charge in [-0.25, -0.2) is 0 Å². The van der Waals surface area contributed by atoms with E-state index in [0.717, 1.165) is 12.5 Å². The van der Waals surface area contributed by atoms with E-state index in [2.05, 4.69) is 0 Å². The molecule has 20 heavy (non-hydrogen) atoms. The van der Waals surface area contributed by atoms with E-state index in [4.69, 9.17) is 33.7 Å². The maximum Gasteiger partial charge on any atom is 0.253 e. The van der Waals surface area contributed by atoms with Crippen LogP contribution < -0.4 is 5.73 Å². The molecule has 0 saturated heterocycles. The number of nitrogen functional groups attached to an aromatic ring is 1. The van der Waals surface area contributed by atoms with Gasteiger partial charge in [-0.15, -0.1) is 0 Å². The Bertz CT molecular complexity index is 481. The van der Waals surface area contributed by atoms with E-state index in [1.807, 2.05) is 0 Å². The molecule has 1 amide bonds. The van der Waals surface area contributed by atoms with Gasteiger partial charge in [0, 0.05) is 25.8 Å². The van der Waals surface area contributed by atoms with Crippen molar-refractivity contribution in [2.45, 2.75) is 12.8 Å². The van der Waals surface area contributed by atoms with Crippen LogP contribution in [0.2, 0.25) is 10.0 Å². The van der Waals surface area contributed by atoms with Crippen LogP contribution in [-0.4, -0.2) is 37.6 Å². The topological polar surface area (TPSA) is 55.6 Å². The fraction of sp³-hybridized carbons (Fsp3) is 0.500. The molecule has 4 nitrogen and oxygen atoms in total. The van der Waals surface area contributed by atoms with Gasteiger partial charge in [0.2, 0.25) is 0 Å². The van der Waals surface area contributed by atoms with E-state index in [-0.39, 0.29) is 5.91 Å². The lowest BCUT2D eigenvalue weighted by Gasteiger charge is -2.18. The van der Waals surface area contributed by atoms with Crippen LogP contribution in [0.5, 0.6) is 0 Å². The summed E-state index contributed by atoms with van der Waals surface area (Å²) in [6.07, 6.45) is 2.52.